The van der Waals surface area contributed by atoms with Gasteiger partial charge in [0.25, 0.3) is 11.4 Å². The summed E-state index contributed by atoms with van der Waals surface area (Å²) < 4.78 is 0. The Bertz CT molecular complexity index is 1450. The van der Waals surface area contributed by atoms with Gasteiger partial charge in [0.1, 0.15) is 22.8 Å². The quantitative estimate of drug-likeness (QED) is 0.0858. The minimum atomic E-state index is -1.12. The number of nitrogens with zero attached hydrogens (tertiary/aromatic N) is 4. The van der Waals surface area contributed by atoms with Crippen molar-refractivity contribution < 1.29 is 39.2 Å². The highest BCUT2D eigenvalue weighted by Gasteiger charge is 2.45. The van der Waals surface area contributed by atoms with Crippen LogP contribution >= 0.6 is 23.5 Å². The van der Waals surface area contributed by atoms with Gasteiger partial charge in [-0.2, -0.15) is 0 Å². The van der Waals surface area contributed by atoms with Gasteiger partial charge in [0.2, 0.25) is 11.8 Å². The van der Waals surface area contributed by atoms with Crippen LogP contribution in [0.3, 0.4) is 0 Å². The zero-order valence-corrected chi connectivity index (χ0v) is 29.2. The number of thioether (sulfide) groups is 2. The smallest absolute Gasteiger partial charge is 0.327 e. The van der Waals surface area contributed by atoms with Gasteiger partial charge >= 0.3 is 11.9 Å². The molecule has 0 radical (unpaired) electrons. The summed E-state index contributed by atoms with van der Waals surface area (Å²) in [7, 11) is 0. The molecule has 2 unspecified atom stereocenters. The second-order valence-electron chi connectivity index (χ2n) is 12.3. The van der Waals surface area contributed by atoms with Gasteiger partial charge in [-0.3, -0.25) is 29.8 Å². The Kier molecular flexibility index (Phi) is 14.5. The lowest BCUT2D eigenvalue weighted by molar-refractivity contribution is -0.385. The largest absolute Gasteiger partial charge is 0.480 e. The third-order valence-electron chi connectivity index (χ3n) is 8.98. The molecule has 2 N–H and O–H groups in total. The lowest BCUT2D eigenvalue weighted by Crippen LogP contribution is -2.43. The molecule has 2 saturated heterocycles. The number of aliphatic carboxylic acids is 2. The summed E-state index contributed by atoms with van der Waals surface area (Å²) in [4.78, 5) is 74.8. The molecule has 270 valence electrons. The number of hydrogen-bond acceptors (Lipinski definition) is 10. The first kappa shape index (κ1) is 38.6. The van der Waals surface area contributed by atoms with E-state index in [4.69, 9.17) is 0 Å². The van der Waals surface area contributed by atoms with Gasteiger partial charge in [-0.15, -0.1) is 23.5 Å². The van der Waals surface area contributed by atoms with E-state index < -0.39 is 44.6 Å². The van der Waals surface area contributed by atoms with Crippen LogP contribution in [0.1, 0.15) is 98.9 Å². The number of amides is 2. The Hall–Kier alpha value is -4.18. The molecule has 14 nitrogen and oxygen atoms in total. The van der Waals surface area contributed by atoms with Crippen LogP contribution in [0.4, 0.5) is 11.4 Å². The Morgan fingerprint density at radius 3 is 1.24 bits per heavy atom. The highest BCUT2D eigenvalue weighted by atomic mass is 32.2. The molecule has 0 aromatic heterocycles. The van der Waals surface area contributed by atoms with Crippen molar-refractivity contribution in [3.63, 3.8) is 0 Å². The molecule has 2 aliphatic rings. The number of para-hydroxylation sites is 2. The number of carbonyl (C=O) groups is 4. The molecule has 2 amide bonds. The van der Waals surface area contributed by atoms with Gasteiger partial charge in [-0.25, -0.2) is 9.59 Å². The minimum absolute atomic E-state index is 0.135. The lowest BCUT2D eigenvalue weighted by atomic mass is 10.0. The average Bonchev–Trinajstić information content (AvgIpc) is 3.75. The van der Waals surface area contributed by atoms with Crippen LogP contribution < -0.4 is 0 Å². The van der Waals surface area contributed by atoms with Gasteiger partial charge in [0, 0.05) is 36.5 Å². The fourth-order valence-corrected chi connectivity index (χ4v) is 9.38. The predicted octanol–water partition coefficient (Wildman–Crippen LogP) is 6.94. The normalized spacial score (nSPS) is 20.2. The Morgan fingerprint density at radius 1 is 0.600 bits per heavy atom. The highest BCUT2D eigenvalue weighted by molar-refractivity contribution is 8.00. The first-order chi connectivity index (χ1) is 24.0. The second-order valence-corrected chi connectivity index (χ2v) is 14.6. The number of carboxylic acid groups (broad SMARTS) is 2. The minimum Gasteiger partial charge on any atom is -0.480 e. The van der Waals surface area contributed by atoms with Crippen LogP contribution in [-0.4, -0.2) is 77.2 Å². The van der Waals surface area contributed by atoms with Gasteiger partial charge in [0.05, 0.1) is 21.0 Å². The van der Waals surface area contributed by atoms with Crippen molar-refractivity contribution >= 4 is 58.7 Å². The van der Waals surface area contributed by atoms with Crippen LogP contribution in [0.25, 0.3) is 0 Å². The molecule has 16 heteroatoms. The van der Waals surface area contributed by atoms with Crippen molar-refractivity contribution in [2.75, 3.05) is 11.5 Å². The SMILES string of the molecule is O=C(O)[C@@H]1CSC(c2ccccc2[N+](=O)[O-])N1C(=O)CCCCCCCCCCCCC(=O)N1C(c2ccccc2[N+](=O)[O-])SC[C@H]1C(=O)O. The maximum absolute atomic E-state index is 13.2. The molecule has 4 rings (SSSR count). The van der Waals surface area contributed by atoms with Crippen LogP contribution in [-0.2, 0) is 19.2 Å². The van der Waals surface area contributed by atoms with Gasteiger partial charge in [-0.1, -0.05) is 75.6 Å². The first-order valence-electron chi connectivity index (χ1n) is 16.8. The zero-order chi connectivity index (χ0) is 36.2. The van der Waals surface area contributed by atoms with Crippen LogP contribution in [0.2, 0.25) is 0 Å². The molecule has 50 heavy (non-hydrogen) atoms. The van der Waals surface area contributed by atoms with Crippen molar-refractivity contribution in [1.29, 1.82) is 0 Å². The zero-order valence-electron chi connectivity index (χ0n) is 27.6. The topological polar surface area (TPSA) is 201 Å². The third-order valence-corrected chi connectivity index (χ3v) is 11.6. The summed E-state index contributed by atoms with van der Waals surface area (Å²) in [5.74, 6) is -2.55. The van der Waals surface area contributed by atoms with E-state index >= 15 is 0 Å². The van der Waals surface area contributed by atoms with E-state index in [1.165, 1.54) is 45.5 Å². The molecule has 0 bridgehead atoms. The number of unbranched alkanes of at least 4 members (excludes halogenated alkanes) is 9. The molecule has 2 aromatic carbocycles. The fraction of sp³-hybridized carbons (Fsp3) is 0.529. The molecule has 2 aliphatic heterocycles. The van der Waals surface area contributed by atoms with Crippen molar-refractivity contribution in [2.24, 2.45) is 0 Å². The van der Waals surface area contributed by atoms with E-state index in [0.717, 1.165) is 51.4 Å². The summed E-state index contributed by atoms with van der Waals surface area (Å²) in [6.07, 6.45) is 9.00. The van der Waals surface area contributed by atoms with Gasteiger partial charge in [0.15, 0.2) is 0 Å². The number of carboxylic acids is 2. The summed E-state index contributed by atoms with van der Waals surface area (Å²) in [6, 6.07) is 10.2. The molecule has 0 aliphatic carbocycles. The molecule has 0 saturated carbocycles. The van der Waals surface area contributed by atoms with E-state index in [1.54, 1.807) is 36.4 Å². The monoisotopic (exact) mass is 730 g/mol. The first-order valence-corrected chi connectivity index (χ1v) is 18.9. The maximum Gasteiger partial charge on any atom is 0.327 e. The lowest BCUT2D eigenvalue weighted by Gasteiger charge is -2.27. The third kappa shape index (κ3) is 9.74. The van der Waals surface area contributed by atoms with E-state index in [1.807, 2.05) is 0 Å². The molecular formula is C34H42N4O10S2. The highest BCUT2D eigenvalue weighted by Crippen LogP contribution is 2.46. The molecule has 2 heterocycles. The Balaban J connectivity index is 1.12. The number of nitro benzene ring substituents is 2. The standard InChI is InChI=1S/C34H42N4O10S2/c39-29(35-27(33(41)42)21-49-31(35)23-15-11-13-17-25(23)37(45)46)19-9-7-5-3-1-2-4-6-8-10-20-30(40)36-28(34(43)44)22-50-32(36)24-16-12-14-18-26(24)38(47)48/h11-18,27-28,31-32H,1-10,19-22H2,(H,41,42)(H,43,44)/t27-,28-,31?,32?/m0/s1. The van der Waals surface area contributed by atoms with Crippen molar-refractivity contribution in [3.05, 3.63) is 79.9 Å². The number of benzene rings is 2. The maximum atomic E-state index is 13.2. The second kappa shape index (κ2) is 18.7. The van der Waals surface area contributed by atoms with Crippen LogP contribution in [0.15, 0.2) is 48.5 Å². The van der Waals surface area contributed by atoms with Crippen molar-refractivity contribution in [2.45, 2.75) is 99.9 Å². The number of rotatable bonds is 19. The summed E-state index contributed by atoms with van der Waals surface area (Å²) in [5, 5.41) is 41.1. The van der Waals surface area contributed by atoms with Crippen molar-refractivity contribution in [1.82, 2.24) is 9.80 Å². The molecular weight excluding hydrogens is 689 g/mol. The van der Waals surface area contributed by atoms with E-state index in [-0.39, 0.29) is 47.5 Å². The van der Waals surface area contributed by atoms with Crippen LogP contribution in [0.5, 0.6) is 0 Å². The average molecular weight is 731 g/mol. The molecule has 4 atom stereocenters. The number of hydrogen-bond donors (Lipinski definition) is 2. The van der Waals surface area contributed by atoms with Crippen molar-refractivity contribution in [3.8, 4) is 0 Å². The van der Waals surface area contributed by atoms with E-state index in [0.29, 0.717) is 24.0 Å². The Labute approximate surface area is 298 Å². The molecule has 0 spiro atoms. The number of carbonyl (C=O) groups excluding carboxylic acids is 2. The Morgan fingerprint density at radius 2 is 0.920 bits per heavy atom. The van der Waals surface area contributed by atoms with E-state index in [2.05, 4.69) is 0 Å². The summed E-state index contributed by atoms with van der Waals surface area (Å²) in [6.45, 7) is 0. The van der Waals surface area contributed by atoms with Crippen LogP contribution in [0, 0.1) is 20.2 Å². The molecule has 2 aromatic rings. The fourth-order valence-electron chi connectivity index (χ4n) is 6.43. The molecule has 2 fully saturated rings. The van der Waals surface area contributed by atoms with Gasteiger partial charge < -0.3 is 20.0 Å². The summed E-state index contributed by atoms with van der Waals surface area (Å²) >= 11 is 2.45. The summed E-state index contributed by atoms with van der Waals surface area (Å²) in [5.41, 5.74) is 0.386. The predicted molar refractivity (Wildman–Crippen MR) is 189 cm³/mol. The van der Waals surface area contributed by atoms with Gasteiger partial charge in [-0.05, 0) is 25.0 Å². The number of nitro groups is 2. The van der Waals surface area contributed by atoms with E-state index in [9.17, 15) is 49.6 Å².